The number of rotatable bonds is 10. The van der Waals surface area contributed by atoms with E-state index in [-0.39, 0.29) is 22.0 Å². The molecule has 0 spiro atoms. The molecule has 0 saturated carbocycles. The van der Waals surface area contributed by atoms with E-state index in [2.05, 4.69) is 10.0 Å². The average molecular weight is 541 g/mol. The van der Waals surface area contributed by atoms with Crippen LogP contribution in [0.3, 0.4) is 0 Å². The van der Waals surface area contributed by atoms with Crippen LogP contribution in [-0.2, 0) is 14.8 Å². The Balaban J connectivity index is 1.56. The number of hydrogen-bond acceptors (Lipinski definition) is 8. The first kappa shape index (κ1) is 26.7. The number of nitrogens with zero attached hydrogens (tertiary/aromatic N) is 2. The molecule has 0 unspecified atom stereocenters. The lowest BCUT2D eigenvalue weighted by atomic mass is 10.1. The third-order valence-electron chi connectivity index (χ3n) is 5.99. The molecule has 12 heteroatoms. The van der Waals surface area contributed by atoms with Gasteiger partial charge in [-0.05, 0) is 67.8 Å². The summed E-state index contributed by atoms with van der Waals surface area (Å²) in [7, 11) is -2.51. The summed E-state index contributed by atoms with van der Waals surface area (Å²) in [6, 6.07) is 16.9. The van der Waals surface area contributed by atoms with Crippen molar-refractivity contribution in [3.05, 3.63) is 76.8 Å². The molecule has 0 radical (unpaired) electrons. The lowest BCUT2D eigenvalue weighted by molar-refractivity contribution is -0.385. The minimum absolute atomic E-state index is 0.0210. The fourth-order valence-corrected chi connectivity index (χ4v) is 5.45. The second kappa shape index (κ2) is 11.8. The van der Waals surface area contributed by atoms with Gasteiger partial charge in [-0.3, -0.25) is 19.6 Å². The molecule has 1 aliphatic heterocycles. The Hall–Kier alpha value is -4.32. The van der Waals surface area contributed by atoms with Crippen LogP contribution in [0.25, 0.3) is 0 Å². The maximum absolute atomic E-state index is 13.5. The number of anilines is 3. The lowest BCUT2D eigenvalue weighted by Crippen LogP contribution is -2.31. The van der Waals surface area contributed by atoms with Crippen LogP contribution in [0.1, 0.15) is 19.3 Å². The quantitative estimate of drug-likeness (QED) is 0.285. The number of sulfonamides is 1. The molecule has 1 fully saturated rings. The Kier molecular flexibility index (Phi) is 8.31. The van der Waals surface area contributed by atoms with Crippen LogP contribution in [0.4, 0.5) is 22.7 Å². The fraction of sp³-hybridized carbons (Fsp3) is 0.269. The molecule has 3 aromatic carbocycles. The molecule has 0 atom stereocenters. The summed E-state index contributed by atoms with van der Waals surface area (Å²) >= 11 is 0. The zero-order valence-electron chi connectivity index (χ0n) is 20.8. The van der Waals surface area contributed by atoms with E-state index >= 15 is 0 Å². The predicted octanol–water partition coefficient (Wildman–Crippen LogP) is 4.41. The van der Waals surface area contributed by atoms with Crippen molar-refractivity contribution in [2.24, 2.45) is 0 Å². The first-order chi connectivity index (χ1) is 18.3. The second-order valence-electron chi connectivity index (χ2n) is 8.63. The van der Waals surface area contributed by atoms with Gasteiger partial charge in [0.2, 0.25) is 0 Å². The summed E-state index contributed by atoms with van der Waals surface area (Å²) in [5.74, 6) is -0.0462. The van der Waals surface area contributed by atoms with Crippen molar-refractivity contribution >= 4 is 38.7 Å². The second-order valence-corrected chi connectivity index (χ2v) is 10.3. The molecular formula is C26H28N4O7S. The first-order valence-electron chi connectivity index (χ1n) is 12.0. The van der Waals surface area contributed by atoms with Crippen LogP contribution in [0.2, 0.25) is 0 Å². The number of nitro benzene ring substituents is 1. The highest BCUT2D eigenvalue weighted by Crippen LogP contribution is 2.32. The van der Waals surface area contributed by atoms with Crippen molar-refractivity contribution in [1.82, 2.24) is 0 Å². The molecule has 0 aromatic heterocycles. The number of nitrogens with one attached hydrogen (secondary N) is 2. The van der Waals surface area contributed by atoms with E-state index < -0.39 is 27.5 Å². The molecule has 200 valence electrons. The number of nitro groups is 1. The molecule has 38 heavy (non-hydrogen) atoms. The average Bonchev–Trinajstić information content (AvgIpc) is 2.92. The number of amides is 1. The predicted molar refractivity (Wildman–Crippen MR) is 144 cm³/mol. The van der Waals surface area contributed by atoms with Gasteiger partial charge in [-0.25, -0.2) is 8.42 Å². The Morgan fingerprint density at radius 3 is 2.37 bits per heavy atom. The van der Waals surface area contributed by atoms with Crippen LogP contribution in [-0.4, -0.2) is 46.1 Å². The molecule has 0 aliphatic carbocycles. The maximum atomic E-state index is 13.5. The van der Waals surface area contributed by atoms with Crippen LogP contribution < -0.4 is 24.4 Å². The van der Waals surface area contributed by atoms with E-state index in [1.165, 1.54) is 31.4 Å². The van der Waals surface area contributed by atoms with Gasteiger partial charge in [0.15, 0.2) is 12.4 Å². The summed E-state index contributed by atoms with van der Waals surface area (Å²) in [6.07, 6.45) is 2.98. The number of para-hydroxylation sites is 2. The molecule has 1 aliphatic rings. The van der Waals surface area contributed by atoms with Gasteiger partial charge >= 0.3 is 5.69 Å². The van der Waals surface area contributed by atoms with Crippen molar-refractivity contribution in [2.75, 3.05) is 41.7 Å². The van der Waals surface area contributed by atoms with Crippen LogP contribution in [0.15, 0.2) is 71.6 Å². The smallest absolute Gasteiger partial charge is 0.310 e. The number of methoxy groups -OCH3 is 1. The van der Waals surface area contributed by atoms with E-state index in [0.717, 1.165) is 32.4 Å². The highest BCUT2D eigenvalue weighted by Gasteiger charge is 2.25. The number of hydrogen-bond donors (Lipinski definition) is 2. The lowest BCUT2D eigenvalue weighted by Gasteiger charge is -2.30. The van der Waals surface area contributed by atoms with Crippen molar-refractivity contribution in [2.45, 2.75) is 24.2 Å². The van der Waals surface area contributed by atoms with Gasteiger partial charge in [0.1, 0.15) is 10.6 Å². The van der Waals surface area contributed by atoms with E-state index in [9.17, 15) is 23.3 Å². The third kappa shape index (κ3) is 6.51. The highest BCUT2D eigenvalue weighted by atomic mass is 32.2. The molecule has 0 bridgehead atoms. The molecule has 2 N–H and O–H groups in total. The molecule has 1 heterocycles. The molecule has 3 aromatic rings. The van der Waals surface area contributed by atoms with Crippen molar-refractivity contribution < 1.29 is 27.6 Å². The zero-order chi connectivity index (χ0) is 27.1. The Morgan fingerprint density at radius 2 is 1.68 bits per heavy atom. The Labute approximate surface area is 220 Å². The maximum Gasteiger partial charge on any atom is 0.310 e. The van der Waals surface area contributed by atoms with E-state index in [1.807, 2.05) is 4.90 Å². The van der Waals surface area contributed by atoms with E-state index in [1.54, 1.807) is 42.5 Å². The van der Waals surface area contributed by atoms with Crippen molar-refractivity contribution in [3.8, 4) is 11.5 Å². The molecule has 1 saturated heterocycles. The van der Waals surface area contributed by atoms with E-state index in [4.69, 9.17) is 9.47 Å². The van der Waals surface area contributed by atoms with Gasteiger partial charge in [-0.2, -0.15) is 0 Å². The Morgan fingerprint density at radius 1 is 1.00 bits per heavy atom. The SMILES string of the molecule is COc1ccc(NS(=O)(=O)c2cc(NC(=O)COc3ccccc3[N+](=O)[O-])ccc2N2CCCCC2)cc1. The standard InChI is InChI=1S/C26H28N4O7S/c1-36-21-12-9-19(10-13-21)28-38(34,35)25-17-20(11-14-23(25)29-15-5-2-6-16-29)27-26(31)18-37-24-8-4-3-7-22(24)30(32)33/h3-4,7-14,17,28H,2,5-6,15-16,18H2,1H3,(H,27,31). The normalized spacial score (nSPS) is 13.4. The molecular weight excluding hydrogens is 512 g/mol. The summed E-state index contributed by atoms with van der Waals surface area (Å²) in [5.41, 5.74) is 0.892. The number of carbonyl (C=O) groups is 1. The third-order valence-corrected chi connectivity index (χ3v) is 7.40. The molecule has 4 rings (SSSR count). The monoisotopic (exact) mass is 540 g/mol. The summed E-state index contributed by atoms with van der Waals surface area (Å²) in [5, 5.41) is 13.8. The summed E-state index contributed by atoms with van der Waals surface area (Å²) in [4.78, 5) is 25.2. The van der Waals surface area contributed by atoms with Gasteiger partial charge in [0.25, 0.3) is 15.9 Å². The topological polar surface area (TPSA) is 140 Å². The van der Waals surface area contributed by atoms with Crippen molar-refractivity contribution in [3.63, 3.8) is 0 Å². The zero-order valence-corrected chi connectivity index (χ0v) is 21.6. The fourth-order valence-electron chi connectivity index (χ4n) is 4.14. The minimum Gasteiger partial charge on any atom is -0.497 e. The molecule has 11 nitrogen and oxygen atoms in total. The number of benzene rings is 3. The minimum atomic E-state index is -4.03. The summed E-state index contributed by atoms with van der Waals surface area (Å²) < 4.78 is 40.1. The van der Waals surface area contributed by atoms with Gasteiger partial charge in [0.05, 0.1) is 17.7 Å². The van der Waals surface area contributed by atoms with Crippen LogP contribution in [0.5, 0.6) is 11.5 Å². The number of ether oxygens (including phenoxy) is 2. The summed E-state index contributed by atoms with van der Waals surface area (Å²) in [6.45, 7) is 0.950. The Bertz CT molecular complexity index is 1410. The van der Waals surface area contributed by atoms with Crippen LogP contribution in [0, 0.1) is 10.1 Å². The van der Waals surface area contributed by atoms with Gasteiger partial charge in [-0.15, -0.1) is 0 Å². The molecule has 1 amide bonds. The number of carbonyl (C=O) groups excluding carboxylic acids is 1. The van der Waals surface area contributed by atoms with Gasteiger partial charge in [-0.1, -0.05) is 12.1 Å². The first-order valence-corrected chi connectivity index (χ1v) is 13.5. The largest absolute Gasteiger partial charge is 0.497 e. The number of piperidine rings is 1. The van der Waals surface area contributed by atoms with Gasteiger partial charge in [0, 0.05) is 30.5 Å². The van der Waals surface area contributed by atoms with Crippen molar-refractivity contribution in [1.29, 1.82) is 0 Å². The van der Waals surface area contributed by atoms with Crippen LogP contribution >= 0.6 is 0 Å². The highest BCUT2D eigenvalue weighted by molar-refractivity contribution is 7.92. The van der Waals surface area contributed by atoms with E-state index in [0.29, 0.717) is 17.1 Å². The van der Waals surface area contributed by atoms with Gasteiger partial charge < -0.3 is 19.7 Å².